The molecule has 0 atom stereocenters. The number of fused-ring (bicyclic) bond motifs is 2. The summed E-state index contributed by atoms with van der Waals surface area (Å²) in [5.41, 5.74) is -7.05. The van der Waals surface area contributed by atoms with E-state index in [9.17, 15) is 49.6 Å². The van der Waals surface area contributed by atoms with Crippen LogP contribution in [0.4, 0.5) is 11.4 Å². The molecule has 3 rings (SSSR count). The molecular formula is C16H6N2O10. The first-order chi connectivity index (χ1) is 13.1. The first kappa shape index (κ1) is 18.3. The molecule has 2 aromatic carbocycles. The lowest BCUT2D eigenvalue weighted by Crippen LogP contribution is -2.28. The number of rotatable bonds is 4. The predicted octanol–water partition coefficient (Wildman–Crippen LogP) is 1.67. The molecule has 12 heteroatoms. The topological polar surface area (TPSA) is 195 Å². The van der Waals surface area contributed by atoms with Gasteiger partial charge in [0.15, 0.2) is 0 Å². The third-order valence-electron chi connectivity index (χ3n) is 4.13. The molecule has 12 nitrogen and oxygen atoms in total. The van der Waals surface area contributed by atoms with Gasteiger partial charge in [0, 0.05) is 12.1 Å². The minimum Gasteiger partial charge on any atom is -0.478 e. The number of nitro groups is 2. The predicted molar refractivity (Wildman–Crippen MR) is 87.0 cm³/mol. The van der Waals surface area contributed by atoms with Crippen molar-refractivity contribution < 1.29 is 39.2 Å². The molecule has 0 bridgehead atoms. The highest BCUT2D eigenvalue weighted by molar-refractivity contribution is 6.34. The van der Waals surface area contributed by atoms with Crippen LogP contribution in [-0.4, -0.2) is 43.6 Å². The van der Waals surface area contributed by atoms with Crippen LogP contribution >= 0.6 is 0 Å². The van der Waals surface area contributed by atoms with Crippen LogP contribution in [0.3, 0.4) is 0 Å². The van der Waals surface area contributed by atoms with Gasteiger partial charge in [0.1, 0.15) is 11.1 Å². The number of carbonyl (C=O) groups is 4. The van der Waals surface area contributed by atoms with Gasteiger partial charge in [0.25, 0.3) is 11.4 Å². The van der Waals surface area contributed by atoms with Gasteiger partial charge in [-0.25, -0.2) is 9.59 Å². The summed E-state index contributed by atoms with van der Waals surface area (Å²) in [4.78, 5) is 69.2. The van der Waals surface area contributed by atoms with E-state index in [1.807, 2.05) is 0 Å². The van der Waals surface area contributed by atoms with Crippen molar-refractivity contribution in [2.75, 3.05) is 0 Å². The molecule has 140 valence electrons. The molecule has 0 saturated carbocycles. The molecule has 0 radical (unpaired) electrons. The summed E-state index contributed by atoms with van der Waals surface area (Å²) in [7, 11) is 0. The number of carboxylic acid groups (broad SMARTS) is 2. The Balaban J connectivity index is 2.55. The van der Waals surface area contributed by atoms with Crippen LogP contribution in [0, 0.1) is 20.2 Å². The second-order valence-corrected chi connectivity index (χ2v) is 5.55. The highest BCUT2D eigenvalue weighted by Crippen LogP contribution is 2.40. The van der Waals surface area contributed by atoms with Gasteiger partial charge in [0.05, 0.1) is 32.1 Å². The monoisotopic (exact) mass is 386 g/mol. The molecule has 2 aromatic rings. The normalized spacial score (nSPS) is 12.1. The van der Waals surface area contributed by atoms with Crippen LogP contribution in [0.15, 0.2) is 24.3 Å². The Kier molecular flexibility index (Phi) is 3.96. The van der Waals surface area contributed by atoms with Crippen molar-refractivity contribution in [3.05, 3.63) is 77.9 Å². The van der Waals surface area contributed by atoms with Crippen LogP contribution in [0.1, 0.15) is 52.6 Å². The van der Waals surface area contributed by atoms with Crippen molar-refractivity contribution >= 4 is 34.9 Å². The fraction of sp³-hybridized carbons (Fsp3) is 0. The summed E-state index contributed by atoms with van der Waals surface area (Å²) in [5, 5.41) is 41.1. The third kappa shape index (κ3) is 2.39. The summed E-state index contributed by atoms with van der Waals surface area (Å²) in [5.74, 6) is -6.12. The minimum absolute atomic E-state index is 0.691. The van der Waals surface area contributed by atoms with E-state index in [4.69, 9.17) is 0 Å². The van der Waals surface area contributed by atoms with Crippen LogP contribution in [0.5, 0.6) is 0 Å². The Labute approximate surface area is 152 Å². The van der Waals surface area contributed by atoms with E-state index >= 15 is 0 Å². The van der Waals surface area contributed by atoms with Crippen LogP contribution in [0.2, 0.25) is 0 Å². The summed E-state index contributed by atoms with van der Waals surface area (Å²) < 4.78 is 0. The van der Waals surface area contributed by atoms with Crippen molar-refractivity contribution in [3.63, 3.8) is 0 Å². The van der Waals surface area contributed by atoms with Gasteiger partial charge in [-0.2, -0.15) is 0 Å². The van der Waals surface area contributed by atoms with Crippen LogP contribution < -0.4 is 0 Å². The number of carbonyl (C=O) groups excluding carboxylic acids is 2. The average Bonchev–Trinajstić information content (AvgIpc) is 2.63. The Morgan fingerprint density at radius 2 is 1.00 bits per heavy atom. The Morgan fingerprint density at radius 3 is 1.25 bits per heavy atom. The number of aromatic carboxylic acids is 2. The van der Waals surface area contributed by atoms with E-state index in [2.05, 4.69) is 0 Å². The summed E-state index contributed by atoms with van der Waals surface area (Å²) >= 11 is 0. The smallest absolute Gasteiger partial charge is 0.336 e. The van der Waals surface area contributed by atoms with Gasteiger partial charge < -0.3 is 10.2 Å². The van der Waals surface area contributed by atoms with E-state index < -0.39 is 78.1 Å². The van der Waals surface area contributed by atoms with Gasteiger partial charge in [0.2, 0.25) is 11.6 Å². The molecule has 0 saturated heterocycles. The van der Waals surface area contributed by atoms with Crippen LogP contribution in [-0.2, 0) is 0 Å². The third-order valence-corrected chi connectivity index (χ3v) is 4.13. The van der Waals surface area contributed by atoms with Gasteiger partial charge >= 0.3 is 11.9 Å². The number of nitro benzene ring substituents is 2. The molecule has 0 aromatic heterocycles. The highest BCUT2D eigenvalue weighted by atomic mass is 16.6. The molecule has 0 unspecified atom stereocenters. The van der Waals surface area contributed by atoms with Crippen LogP contribution in [0.25, 0.3) is 0 Å². The number of benzene rings is 2. The molecule has 0 spiro atoms. The van der Waals surface area contributed by atoms with E-state index in [1.54, 1.807) is 0 Å². The maximum atomic E-state index is 12.9. The zero-order valence-corrected chi connectivity index (χ0v) is 13.4. The lowest BCUT2D eigenvalue weighted by Gasteiger charge is -2.20. The molecule has 1 aliphatic rings. The molecule has 2 N–H and O–H groups in total. The molecule has 0 heterocycles. The van der Waals surface area contributed by atoms with Crippen molar-refractivity contribution in [2.24, 2.45) is 0 Å². The summed E-state index contributed by atoms with van der Waals surface area (Å²) in [6.45, 7) is 0. The maximum Gasteiger partial charge on any atom is 0.336 e. The van der Waals surface area contributed by atoms with Gasteiger partial charge in [-0.15, -0.1) is 0 Å². The fourth-order valence-corrected chi connectivity index (χ4v) is 3.03. The summed E-state index contributed by atoms with van der Waals surface area (Å²) in [6, 6.07) is 2.83. The number of hydrogen-bond donors (Lipinski definition) is 2. The van der Waals surface area contributed by atoms with E-state index in [-0.39, 0.29) is 0 Å². The van der Waals surface area contributed by atoms with Gasteiger partial charge in [-0.3, -0.25) is 29.8 Å². The highest BCUT2D eigenvalue weighted by Gasteiger charge is 2.44. The second kappa shape index (κ2) is 6.05. The minimum atomic E-state index is -1.70. The van der Waals surface area contributed by atoms with Crippen molar-refractivity contribution in [1.29, 1.82) is 0 Å². The zero-order valence-electron chi connectivity index (χ0n) is 13.4. The van der Waals surface area contributed by atoms with E-state index in [1.165, 1.54) is 0 Å². The van der Waals surface area contributed by atoms with Crippen molar-refractivity contribution in [3.8, 4) is 0 Å². The van der Waals surface area contributed by atoms with Crippen molar-refractivity contribution in [1.82, 2.24) is 0 Å². The summed E-state index contributed by atoms with van der Waals surface area (Å²) in [6.07, 6.45) is 0. The first-order valence-electron chi connectivity index (χ1n) is 7.26. The Bertz CT molecular complexity index is 987. The van der Waals surface area contributed by atoms with Gasteiger partial charge in [-0.1, -0.05) is 0 Å². The van der Waals surface area contributed by atoms with E-state index in [0.29, 0.717) is 12.1 Å². The first-order valence-corrected chi connectivity index (χ1v) is 7.26. The maximum absolute atomic E-state index is 12.9. The lowest BCUT2D eigenvalue weighted by atomic mass is 9.78. The SMILES string of the molecule is O=C(O)c1ccc([N+](=O)[O-])c2c1C(=O)c1c([N+](=O)[O-])ccc(C(=O)O)c1C2=O. The molecule has 0 aliphatic heterocycles. The largest absolute Gasteiger partial charge is 0.478 e. The average molecular weight is 386 g/mol. The standard InChI is InChI=1S/C16H6N2O10/c19-13-9-5(15(21)22)1-3-7(17(25)26)11(9)14(20)10-6(16(23)24)2-4-8(12(10)13)18(27)28/h1-4H,(H,21,22)(H,23,24). The Morgan fingerprint density at radius 1 is 0.679 bits per heavy atom. The number of carboxylic acids is 2. The molecule has 28 heavy (non-hydrogen) atoms. The molecular weight excluding hydrogens is 380 g/mol. The number of ketones is 2. The Hall–Kier alpha value is -4.48. The molecule has 1 aliphatic carbocycles. The quantitative estimate of drug-likeness (QED) is 0.491. The molecule has 0 amide bonds. The number of nitrogens with zero attached hydrogens (tertiary/aromatic N) is 2. The second-order valence-electron chi connectivity index (χ2n) is 5.55. The van der Waals surface area contributed by atoms with E-state index in [0.717, 1.165) is 12.1 Å². The number of hydrogen-bond acceptors (Lipinski definition) is 8. The lowest BCUT2D eigenvalue weighted by molar-refractivity contribution is -0.385. The van der Waals surface area contributed by atoms with Gasteiger partial charge in [-0.05, 0) is 12.1 Å². The zero-order chi connectivity index (χ0) is 20.9. The fourth-order valence-electron chi connectivity index (χ4n) is 3.03. The molecule has 0 fully saturated rings. The van der Waals surface area contributed by atoms with Crippen molar-refractivity contribution in [2.45, 2.75) is 0 Å².